The molecule has 1 unspecified atom stereocenters. The van der Waals surface area contributed by atoms with Gasteiger partial charge in [-0.15, -0.1) is 0 Å². The molecule has 0 aliphatic heterocycles. The molecule has 1 heterocycles. The summed E-state index contributed by atoms with van der Waals surface area (Å²) in [6, 6.07) is 5.92. The molecule has 20 heavy (non-hydrogen) atoms. The van der Waals surface area contributed by atoms with Gasteiger partial charge in [0.2, 0.25) is 5.91 Å². The lowest BCUT2D eigenvalue weighted by atomic mass is 9.95. The fourth-order valence-electron chi connectivity index (χ4n) is 2.28. The van der Waals surface area contributed by atoms with Gasteiger partial charge in [-0.1, -0.05) is 19.9 Å². The molecule has 4 nitrogen and oxygen atoms in total. The highest BCUT2D eigenvalue weighted by Crippen LogP contribution is 2.17. The predicted octanol–water partition coefficient (Wildman–Crippen LogP) is 2.44. The van der Waals surface area contributed by atoms with Gasteiger partial charge in [0, 0.05) is 18.8 Å². The van der Waals surface area contributed by atoms with E-state index in [9.17, 15) is 4.79 Å². The van der Waals surface area contributed by atoms with E-state index in [1.807, 2.05) is 36.9 Å². The number of amides is 1. The Bertz CT molecular complexity index is 403. The molecular formula is C16H27N3O. The summed E-state index contributed by atoms with van der Waals surface area (Å²) >= 11 is 0. The first kappa shape index (κ1) is 16.6. The van der Waals surface area contributed by atoms with E-state index in [4.69, 9.17) is 5.73 Å². The van der Waals surface area contributed by atoms with Gasteiger partial charge in [-0.05, 0) is 38.3 Å². The Balaban J connectivity index is 2.81. The molecular weight excluding hydrogens is 250 g/mol. The molecule has 0 radical (unpaired) electrons. The van der Waals surface area contributed by atoms with Gasteiger partial charge in [0.05, 0.1) is 18.2 Å². The number of rotatable bonds is 7. The number of aromatic nitrogens is 1. The molecule has 1 rings (SSSR count). The third kappa shape index (κ3) is 4.93. The van der Waals surface area contributed by atoms with Crippen LogP contribution in [-0.2, 0) is 11.3 Å². The summed E-state index contributed by atoms with van der Waals surface area (Å²) in [4.78, 5) is 18.9. The summed E-state index contributed by atoms with van der Waals surface area (Å²) < 4.78 is 0. The molecule has 1 aromatic heterocycles. The Kier molecular flexibility index (Phi) is 6.65. The van der Waals surface area contributed by atoms with Gasteiger partial charge >= 0.3 is 0 Å². The molecule has 2 N–H and O–H groups in total. The van der Waals surface area contributed by atoms with Crippen molar-refractivity contribution in [2.45, 2.75) is 46.7 Å². The molecule has 0 spiro atoms. The highest BCUT2D eigenvalue weighted by molar-refractivity contribution is 5.79. The van der Waals surface area contributed by atoms with E-state index < -0.39 is 0 Å². The Morgan fingerprint density at radius 3 is 2.45 bits per heavy atom. The maximum atomic E-state index is 12.7. The fourth-order valence-corrected chi connectivity index (χ4v) is 2.28. The lowest BCUT2D eigenvalue weighted by molar-refractivity contribution is -0.138. The van der Waals surface area contributed by atoms with Crippen molar-refractivity contribution >= 4 is 5.91 Å². The van der Waals surface area contributed by atoms with Crippen molar-refractivity contribution in [1.82, 2.24) is 9.88 Å². The molecule has 4 heteroatoms. The second kappa shape index (κ2) is 8.00. The first-order valence-corrected chi connectivity index (χ1v) is 7.36. The second-order valence-corrected chi connectivity index (χ2v) is 5.94. The van der Waals surface area contributed by atoms with Gasteiger partial charge in [0.25, 0.3) is 0 Å². The third-order valence-electron chi connectivity index (χ3n) is 3.35. The average Bonchev–Trinajstić information content (AvgIpc) is 2.42. The van der Waals surface area contributed by atoms with E-state index >= 15 is 0 Å². The van der Waals surface area contributed by atoms with Gasteiger partial charge < -0.3 is 10.6 Å². The molecule has 1 aromatic rings. The summed E-state index contributed by atoms with van der Waals surface area (Å²) in [5.74, 6) is 0.513. The Morgan fingerprint density at radius 2 is 2.00 bits per heavy atom. The van der Waals surface area contributed by atoms with Crippen LogP contribution in [0.3, 0.4) is 0 Å². The molecule has 1 amide bonds. The highest BCUT2D eigenvalue weighted by atomic mass is 16.2. The van der Waals surface area contributed by atoms with E-state index in [-0.39, 0.29) is 17.9 Å². The number of carbonyl (C=O) groups is 1. The zero-order chi connectivity index (χ0) is 15.1. The van der Waals surface area contributed by atoms with Crippen LogP contribution in [0, 0.1) is 11.8 Å². The van der Waals surface area contributed by atoms with Gasteiger partial charge in [-0.25, -0.2) is 0 Å². The number of nitrogens with two attached hydrogens (primary N) is 1. The Morgan fingerprint density at radius 1 is 1.30 bits per heavy atom. The normalized spacial score (nSPS) is 12.8. The van der Waals surface area contributed by atoms with Crippen LogP contribution in [0.5, 0.6) is 0 Å². The molecule has 0 aliphatic carbocycles. The number of nitrogens with zero attached hydrogens (tertiary/aromatic N) is 2. The molecule has 0 aromatic carbocycles. The Labute approximate surface area is 122 Å². The molecule has 1 atom stereocenters. The first-order chi connectivity index (χ1) is 9.45. The van der Waals surface area contributed by atoms with E-state index in [0.29, 0.717) is 19.0 Å². The zero-order valence-corrected chi connectivity index (χ0v) is 13.0. The van der Waals surface area contributed by atoms with E-state index in [2.05, 4.69) is 18.8 Å². The van der Waals surface area contributed by atoms with Gasteiger partial charge in [0.1, 0.15) is 0 Å². The molecule has 0 fully saturated rings. The number of hydrogen-bond acceptors (Lipinski definition) is 3. The summed E-state index contributed by atoms with van der Waals surface area (Å²) in [6.07, 6.45) is 2.59. The van der Waals surface area contributed by atoms with Crippen LogP contribution in [0.2, 0.25) is 0 Å². The summed E-state index contributed by atoms with van der Waals surface area (Å²) in [7, 11) is 0. The molecule has 0 saturated heterocycles. The van der Waals surface area contributed by atoms with Crippen LogP contribution in [0.25, 0.3) is 0 Å². The minimum atomic E-state index is -0.0962. The number of pyridine rings is 1. The highest BCUT2D eigenvalue weighted by Gasteiger charge is 2.26. The number of carbonyl (C=O) groups excluding carboxylic acids is 1. The van der Waals surface area contributed by atoms with Crippen molar-refractivity contribution in [1.29, 1.82) is 0 Å². The minimum absolute atomic E-state index is 0.0962. The molecule has 0 bridgehead atoms. The summed E-state index contributed by atoms with van der Waals surface area (Å²) in [6.45, 7) is 9.25. The van der Waals surface area contributed by atoms with Crippen molar-refractivity contribution in [3.05, 3.63) is 30.1 Å². The van der Waals surface area contributed by atoms with E-state index in [0.717, 1.165) is 12.1 Å². The van der Waals surface area contributed by atoms with Crippen LogP contribution in [0.4, 0.5) is 0 Å². The van der Waals surface area contributed by atoms with Crippen LogP contribution >= 0.6 is 0 Å². The minimum Gasteiger partial charge on any atom is -0.334 e. The molecule has 112 valence electrons. The fraction of sp³-hybridized carbons (Fsp3) is 0.625. The van der Waals surface area contributed by atoms with Crippen LogP contribution in [-0.4, -0.2) is 28.4 Å². The van der Waals surface area contributed by atoms with Crippen LogP contribution in [0.15, 0.2) is 24.4 Å². The summed E-state index contributed by atoms with van der Waals surface area (Å²) in [5, 5.41) is 0. The predicted molar refractivity (Wildman–Crippen MR) is 81.9 cm³/mol. The van der Waals surface area contributed by atoms with E-state index in [1.165, 1.54) is 0 Å². The van der Waals surface area contributed by atoms with Gasteiger partial charge in [0.15, 0.2) is 0 Å². The third-order valence-corrected chi connectivity index (χ3v) is 3.35. The van der Waals surface area contributed by atoms with E-state index in [1.54, 1.807) is 6.20 Å². The zero-order valence-electron chi connectivity index (χ0n) is 13.0. The summed E-state index contributed by atoms with van der Waals surface area (Å²) in [5.41, 5.74) is 6.70. The molecule has 0 aliphatic rings. The SMILES string of the molecule is CC(C)CC(CN)C(=O)N(Cc1ccccn1)C(C)C. The lowest BCUT2D eigenvalue weighted by Crippen LogP contribution is -2.43. The smallest absolute Gasteiger partial charge is 0.227 e. The largest absolute Gasteiger partial charge is 0.334 e. The second-order valence-electron chi connectivity index (χ2n) is 5.94. The molecule has 0 saturated carbocycles. The Hall–Kier alpha value is -1.42. The number of hydrogen-bond donors (Lipinski definition) is 1. The van der Waals surface area contributed by atoms with Gasteiger partial charge in [-0.3, -0.25) is 9.78 Å². The van der Waals surface area contributed by atoms with Crippen LogP contribution < -0.4 is 5.73 Å². The van der Waals surface area contributed by atoms with Crippen LogP contribution in [0.1, 0.15) is 39.8 Å². The van der Waals surface area contributed by atoms with Crippen molar-refractivity contribution in [2.75, 3.05) is 6.54 Å². The van der Waals surface area contributed by atoms with Crippen molar-refractivity contribution in [3.8, 4) is 0 Å². The monoisotopic (exact) mass is 277 g/mol. The topological polar surface area (TPSA) is 59.2 Å². The first-order valence-electron chi connectivity index (χ1n) is 7.36. The lowest BCUT2D eigenvalue weighted by Gasteiger charge is -2.30. The average molecular weight is 277 g/mol. The quantitative estimate of drug-likeness (QED) is 0.832. The van der Waals surface area contributed by atoms with Gasteiger partial charge in [-0.2, -0.15) is 0 Å². The van der Waals surface area contributed by atoms with Crippen molar-refractivity contribution in [2.24, 2.45) is 17.6 Å². The van der Waals surface area contributed by atoms with Crippen molar-refractivity contribution < 1.29 is 4.79 Å². The maximum absolute atomic E-state index is 12.7. The standard InChI is InChI=1S/C16H27N3O/c1-12(2)9-14(10-17)16(20)19(13(3)4)11-15-7-5-6-8-18-15/h5-8,12-14H,9-11,17H2,1-4H3. The van der Waals surface area contributed by atoms with Crippen molar-refractivity contribution in [3.63, 3.8) is 0 Å². The maximum Gasteiger partial charge on any atom is 0.227 e.